The zero-order valence-electron chi connectivity index (χ0n) is 20.0. The Morgan fingerprint density at radius 2 is 1.86 bits per heavy atom. The minimum atomic E-state index is -4.86. The van der Waals surface area contributed by atoms with E-state index in [1.807, 2.05) is 5.32 Å². The van der Waals surface area contributed by atoms with Crippen LogP contribution in [-0.4, -0.2) is 60.7 Å². The van der Waals surface area contributed by atoms with Gasteiger partial charge in [-0.2, -0.15) is 13.2 Å². The van der Waals surface area contributed by atoms with Crippen molar-refractivity contribution in [2.75, 3.05) is 30.8 Å². The SMILES string of the molecule is CCN(CC(F)F)C(=O)Nc1cc(O[C@@H](C)C(F)(F)F)c(C(=O)Nc2c(C)cnc(OC)c2Cl)cc1F. The van der Waals surface area contributed by atoms with Crippen molar-refractivity contribution in [3.8, 4) is 11.6 Å². The van der Waals surface area contributed by atoms with Crippen LogP contribution in [0.3, 0.4) is 0 Å². The van der Waals surface area contributed by atoms with Crippen LogP contribution in [0.1, 0.15) is 29.8 Å². The molecule has 0 aliphatic heterocycles. The van der Waals surface area contributed by atoms with Crippen molar-refractivity contribution in [2.24, 2.45) is 0 Å². The van der Waals surface area contributed by atoms with Gasteiger partial charge in [0.2, 0.25) is 5.88 Å². The summed E-state index contributed by atoms with van der Waals surface area (Å²) in [6, 6.07) is 0.0522. The van der Waals surface area contributed by atoms with Gasteiger partial charge in [0, 0.05) is 18.8 Å². The van der Waals surface area contributed by atoms with Gasteiger partial charge < -0.3 is 25.0 Å². The van der Waals surface area contributed by atoms with Gasteiger partial charge in [0.1, 0.15) is 16.6 Å². The number of ether oxygens (including phenoxy) is 2. The first-order valence-electron chi connectivity index (χ1n) is 10.6. The van der Waals surface area contributed by atoms with Gasteiger partial charge in [-0.1, -0.05) is 11.6 Å². The highest BCUT2D eigenvalue weighted by molar-refractivity contribution is 6.35. The van der Waals surface area contributed by atoms with E-state index < -0.39 is 60.0 Å². The fourth-order valence-corrected chi connectivity index (χ4v) is 3.25. The Hall–Kier alpha value is -3.42. The summed E-state index contributed by atoms with van der Waals surface area (Å²) in [5, 5.41) is 4.25. The molecule has 0 bridgehead atoms. The first-order valence-corrected chi connectivity index (χ1v) is 11.0. The Morgan fingerprint density at radius 3 is 2.41 bits per heavy atom. The van der Waals surface area contributed by atoms with E-state index in [9.17, 15) is 35.9 Å². The quantitative estimate of drug-likeness (QED) is 0.376. The normalized spacial score (nSPS) is 12.2. The third-order valence-corrected chi connectivity index (χ3v) is 5.31. The van der Waals surface area contributed by atoms with Crippen LogP contribution < -0.4 is 20.1 Å². The fraction of sp³-hybridized carbons (Fsp3) is 0.409. The average Bonchev–Trinajstić information content (AvgIpc) is 2.81. The minimum Gasteiger partial charge on any atom is -0.480 e. The summed E-state index contributed by atoms with van der Waals surface area (Å²) in [5.74, 6) is -3.15. The number of methoxy groups -OCH3 is 1. The largest absolute Gasteiger partial charge is 0.480 e. The van der Waals surface area contributed by atoms with Crippen molar-refractivity contribution in [3.63, 3.8) is 0 Å². The molecule has 0 saturated carbocycles. The maximum Gasteiger partial charge on any atom is 0.425 e. The highest BCUT2D eigenvalue weighted by Gasteiger charge is 2.39. The van der Waals surface area contributed by atoms with Gasteiger partial charge in [0.15, 0.2) is 6.10 Å². The molecule has 0 aliphatic carbocycles. The second-order valence-corrected chi connectivity index (χ2v) is 7.96. The van der Waals surface area contributed by atoms with Crippen LogP contribution in [0.4, 0.5) is 42.5 Å². The fourth-order valence-electron chi connectivity index (χ4n) is 2.93. The predicted octanol–water partition coefficient (Wildman–Crippen LogP) is 5.89. The van der Waals surface area contributed by atoms with E-state index in [1.54, 1.807) is 0 Å². The van der Waals surface area contributed by atoms with E-state index in [4.69, 9.17) is 21.1 Å². The Kier molecular flexibility index (Phi) is 9.84. The van der Waals surface area contributed by atoms with E-state index in [0.29, 0.717) is 29.5 Å². The van der Waals surface area contributed by atoms with Crippen LogP contribution in [0.2, 0.25) is 5.02 Å². The number of hydrogen-bond acceptors (Lipinski definition) is 5. The lowest BCUT2D eigenvalue weighted by atomic mass is 10.1. The monoisotopic (exact) mass is 556 g/mol. The number of nitrogens with zero attached hydrogens (tertiary/aromatic N) is 2. The summed E-state index contributed by atoms with van der Waals surface area (Å²) in [6.07, 6.45) is -8.87. The number of nitrogens with one attached hydrogen (secondary N) is 2. The lowest BCUT2D eigenvalue weighted by Gasteiger charge is -2.23. The number of aromatic nitrogens is 1. The zero-order chi connectivity index (χ0) is 28.1. The van der Waals surface area contributed by atoms with Crippen LogP contribution in [0.15, 0.2) is 18.3 Å². The molecule has 8 nitrogen and oxygen atoms in total. The number of urea groups is 1. The van der Waals surface area contributed by atoms with Crippen molar-refractivity contribution >= 4 is 34.9 Å². The molecule has 0 saturated heterocycles. The maximum atomic E-state index is 14.9. The molecular formula is C22H23ClF6N4O4. The molecule has 37 heavy (non-hydrogen) atoms. The molecule has 0 radical (unpaired) electrons. The van der Waals surface area contributed by atoms with E-state index >= 15 is 0 Å². The van der Waals surface area contributed by atoms with Crippen LogP contribution in [0.5, 0.6) is 11.6 Å². The van der Waals surface area contributed by atoms with Crippen molar-refractivity contribution in [1.82, 2.24) is 9.88 Å². The summed E-state index contributed by atoms with van der Waals surface area (Å²) in [4.78, 5) is 29.9. The Labute approximate surface area is 212 Å². The number of anilines is 2. The number of benzene rings is 1. The smallest absolute Gasteiger partial charge is 0.425 e. The summed E-state index contributed by atoms with van der Waals surface area (Å²) in [7, 11) is 1.27. The highest BCUT2D eigenvalue weighted by Crippen LogP contribution is 2.35. The van der Waals surface area contributed by atoms with Crippen molar-refractivity contribution in [1.29, 1.82) is 0 Å². The maximum absolute atomic E-state index is 14.9. The highest BCUT2D eigenvalue weighted by atomic mass is 35.5. The third-order valence-electron chi connectivity index (χ3n) is 4.96. The molecule has 2 aromatic rings. The number of aryl methyl sites for hydroxylation is 1. The molecule has 1 heterocycles. The third kappa shape index (κ3) is 7.54. The summed E-state index contributed by atoms with van der Waals surface area (Å²) >= 11 is 6.16. The lowest BCUT2D eigenvalue weighted by molar-refractivity contribution is -0.189. The first kappa shape index (κ1) is 29.8. The van der Waals surface area contributed by atoms with E-state index in [0.717, 1.165) is 0 Å². The number of pyridine rings is 1. The summed E-state index contributed by atoms with van der Waals surface area (Å²) in [5.41, 5.74) is -1.01. The molecule has 15 heteroatoms. The zero-order valence-corrected chi connectivity index (χ0v) is 20.7. The lowest BCUT2D eigenvalue weighted by Crippen LogP contribution is -2.38. The van der Waals surface area contributed by atoms with Crippen LogP contribution >= 0.6 is 11.6 Å². The molecule has 0 unspecified atom stereocenters. The van der Waals surface area contributed by atoms with Gasteiger partial charge in [-0.05, 0) is 32.4 Å². The van der Waals surface area contributed by atoms with Gasteiger partial charge in [0.25, 0.3) is 12.3 Å². The summed E-state index contributed by atoms with van der Waals surface area (Å²) < 4.78 is 89.7. The Bertz CT molecular complexity index is 1150. The van der Waals surface area contributed by atoms with Crippen LogP contribution in [-0.2, 0) is 0 Å². The number of carbonyl (C=O) groups excluding carboxylic acids is 2. The second-order valence-electron chi connectivity index (χ2n) is 7.58. The number of amides is 3. The molecule has 1 aromatic carbocycles. The number of alkyl halides is 5. The molecule has 0 aliphatic rings. The van der Waals surface area contributed by atoms with E-state index in [-0.39, 0.29) is 23.1 Å². The number of rotatable bonds is 9. The topological polar surface area (TPSA) is 92.8 Å². The average molecular weight is 557 g/mol. The molecule has 1 atom stereocenters. The van der Waals surface area contributed by atoms with Crippen molar-refractivity contribution in [3.05, 3.63) is 40.3 Å². The molecule has 204 valence electrons. The first-order chi connectivity index (χ1) is 17.2. The van der Waals surface area contributed by atoms with Crippen molar-refractivity contribution < 1.29 is 45.4 Å². The number of carbonyl (C=O) groups is 2. The minimum absolute atomic E-state index is 0.00305. The second kappa shape index (κ2) is 12.2. The van der Waals surface area contributed by atoms with Crippen molar-refractivity contribution in [2.45, 2.75) is 39.5 Å². The Morgan fingerprint density at radius 1 is 1.22 bits per heavy atom. The van der Waals surface area contributed by atoms with Gasteiger partial charge in [0.05, 0.1) is 30.6 Å². The van der Waals surface area contributed by atoms with E-state index in [1.165, 1.54) is 27.2 Å². The molecule has 0 spiro atoms. The molecule has 3 amide bonds. The van der Waals surface area contributed by atoms with E-state index in [2.05, 4.69) is 10.3 Å². The van der Waals surface area contributed by atoms with Gasteiger partial charge >= 0.3 is 12.2 Å². The van der Waals surface area contributed by atoms with Crippen LogP contribution in [0.25, 0.3) is 0 Å². The number of halogens is 7. The van der Waals surface area contributed by atoms with Gasteiger partial charge in [-0.3, -0.25) is 4.79 Å². The standard InChI is InChI=1S/C22H23ClF6N4O4/c1-5-33(9-16(25)26)21(35)31-14-7-15(37-11(3)22(27,28)29)12(6-13(14)24)19(34)32-18-10(2)8-30-20(36-4)17(18)23/h6-8,11,16H,5,9H2,1-4H3,(H,31,35)(H,30,32,34)/t11-/m0/s1. The molecular weight excluding hydrogens is 534 g/mol. The molecule has 2 N–H and O–H groups in total. The number of hydrogen-bond donors (Lipinski definition) is 2. The van der Waals surface area contributed by atoms with Crippen LogP contribution in [0, 0.1) is 12.7 Å². The Balaban J connectivity index is 2.50. The molecule has 0 fully saturated rings. The molecule has 2 rings (SSSR count). The molecule has 1 aromatic heterocycles. The predicted molar refractivity (Wildman–Crippen MR) is 123 cm³/mol. The van der Waals surface area contributed by atoms with Gasteiger partial charge in [-0.25, -0.2) is 22.9 Å². The van der Waals surface area contributed by atoms with Gasteiger partial charge in [-0.15, -0.1) is 0 Å². The summed E-state index contributed by atoms with van der Waals surface area (Å²) in [6.45, 7) is 2.44.